The Morgan fingerprint density at radius 2 is 0.857 bits per heavy atom. The van der Waals surface area contributed by atoms with E-state index in [1.165, 1.54) is 108 Å². The van der Waals surface area contributed by atoms with Crippen molar-refractivity contribution in [1.82, 2.24) is 0 Å². The van der Waals surface area contributed by atoms with Crippen molar-refractivity contribution in [2.75, 3.05) is 5.33 Å². The first-order valence-electron chi connectivity index (χ1n) is 9.91. The standard InChI is InChI=1S/C20H41Br/c1-3-5-7-9-11-12-14-16-18-20(19-21)17-15-13-10-8-6-4-2/h20H,3-19H2,1-2H3/t20-/m0/s1. The largest absolute Gasteiger partial charge is 0.0925 e. The Kier molecular flexibility index (Phi) is 19.0. The molecule has 0 aromatic heterocycles. The summed E-state index contributed by atoms with van der Waals surface area (Å²) in [5.41, 5.74) is 0. The third-order valence-electron chi connectivity index (χ3n) is 4.65. The van der Waals surface area contributed by atoms with Gasteiger partial charge in [0.05, 0.1) is 0 Å². The van der Waals surface area contributed by atoms with Crippen LogP contribution in [0.2, 0.25) is 0 Å². The minimum Gasteiger partial charge on any atom is -0.0925 e. The lowest BCUT2D eigenvalue weighted by molar-refractivity contribution is 0.438. The second-order valence-corrected chi connectivity index (χ2v) is 7.49. The lowest BCUT2D eigenvalue weighted by atomic mass is 9.96. The van der Waals surface area contributed by atoms with Crippen LogP contribution in [0.25, 0.3) is 0 Å². The van der Waals surface area contributed by atoms with E-state index in [0.717, 1.165) is 5.92 Å². The average molecular weight is 361 g/mol. The topological polar surface area (TPSA) is 0 Å². The van der Waals surface area contributed by atoms with E-state index >= 15 is 0 Å². The highest BCUT2D eigenvalue weighted by Gasteiger charge is 2.06. The van der Waals surface area contributed by atoms with Crippen molar-refractivity contribution in [2.45, 2.75) is 117 Å². The van der Waals surface area contributed by atoms with Gasteiger partial charge in [-0.1, -0.05) is 120 Å². The number of halogens is 1. The summed E-state index contributed by atoms with van der Waals surface area (Å²) in [6.07, 6.45) is 23.1. The fourth-order valence-corrected chi connectivity index (χ4v) is 3.73. The highest BCUT2D eigenvalue weighted by Crippen LogP contribution is 2.21. The maximum absolute atomic E-state index is 3.72. The van der Waals surface area contributed by atoms with Crippen LogP contribution in [0.15, 0.2) is 0 Å². The molecule has 21 heavy (non-hydrogen) atoms. The molecule has 0 amide bonds. The Labute approximate surface area is 144 Å². The lowest BCUT2D eigenvalue weighted by Gasteiger charge is -2.13. The molecule has 0 heterocycles. The molecule has 0 aliphatic rings. The smallest absolute Gasteiger partial charge is 0.00596 e. The number of hydrogen-bond donors (Lipinski definition) is 0. The van der Waals surface area contributed by atoms with Crippen molar-refractivity contribution in [3.63, 3.8) is 0 Å². The molecular weight excluding hydrogens is 320 g/mol. The summed E-state index contributed by atoms with van der Waals surface area (Å²) in [6, 6.07) is 0. The predicted octanol–water partition coefficient (Wildman–Crippen LogP) is 8.28. The minimum atomic E-state index is 0.941. The molecule has 1 heteroatoms. The van der Waals surface area contributed by atoms with E-state index in [0.29, 0.717) is 0 Å². The van der Waals surface area contributed by atoms with Gasteiger partial charge in [0, 0.05) is 5.33 Å². The zero-order valence-corrected chi connectivity index (χ0v) is 16.6. The Morgan fingerprint density at radius 1 is 0.524 bits per heavy atom. The zero-order chi connectivity index (χ0) is 15.6. The summed E-state index contributed by atoms with van der Waals surface area (Å²) in [4.78, 5) is 0. The first-order valence-corrected chi connectivity index (χ1v) is 11.0. The molecule has 0 N–H and O–H groups in total. The van der Waals surface area contributed by atoms with E-state index in [1.54, 1.807) is 0 Å². The maximum atomic E-state index is 3.72. The van der Waals surface area contributed by atoms with Gasteiger partial charge >= 0.3 is 0 Å². The summed E-state index contributed by atoms with van der Waals surface area (Å²) in [6.45, 7) is 4.59. The maximum Gasteiger partial charge on any atom is 0.00596 e. The first kappa shape index (κ1) is 21.5. The number of alkyl halides is 1. The molecule has 0 rings (SSSR count). The SMILES string of the molecule is CCCCCCCCCC[C@@H](CBr)CCCCCCCC. The molecule has 0 radical (unpaired) electrons. The highest BCUT2D eigenvalue weighted by molar-refractivity contribution is 9.09. The predicted molar refractivity (Wildman–Crippen MR) is 103 cm³/mol. The summed E-state index contributed by atoms with van der Waals surface area (Å²) >= 11 is 3.72. The fourth-order valence-electron chi connectivity index (χ4n) is 3.08. The van der Waals surface area contributed by atoms with Gasteiger partial charge in [-0.2, -0.15) is 0 Å². The van der Waals surface area contributed by atoms with Gasteiger partial charge in [-0.15, -0.1) is 0 Å². The molecule has 0 aliphatic heterocycles. The molecule has 0 aromatic carbocycles. The van der Waals surface area contributed by atoms with Crippen LogP contribution in [0.4, 0.5) is 0 Å². The van der Waals surface area contributed by atoms with Crippen LogP contribution in [0, 0.1) is 5.92 Å². The van der Waals surface area contributed by atoms with E-state index in [-0.39, 0.29) is 0 Å². The van der Waals surface area contributed by atoms with Crippen LogP contribution in [-0.4, -0.2) is 5.33 Å². The Morgan fingerprint density at radius 3 is 1.19 bits per heavy atom. The van der Waals surface area contributed by atoms with Gasteiger partial charge in [0.15, 0.2) is 0 Å². The molecule has 128 valence electrons. The molecular formula is C20H41Br. The Balaban J connectivity index is 3.28. The van der Waals surface area contributed by atoms with Gasteiger partial charge in [0.25, 0.3) is 0 Å². The Hall–Kier alpha value is 0.480. The fraction of sp³-hybridized carbons (Fsp3) is 1.00. The molecule has 0 saturated heterocycles. The van der Waals surface area contributed by atoms with Crippen molar-refractivity contribution in [3.8, 4) is 0 Å². The van der Waals surface area contributed by atoms with Crippen LogP contribution in [-0.2, 0) is 0 Å². The van der Waals surface area contributed by atoms with Crippen LogP contribution in [0.1, 0.15) is 117 Å². The van der Waals surface area contributed by atoms with E-state index in [4.69, 9.17) is 0 Å². The molecule has 0 saturated carbocycles. The highest BCUT2D eigenvalue weighted by atomic mass is 79.9. The van der Waals surface area contributed by atoms with Crippen LogP contribution in [0.3, 0.4) is 0 Å². The van der Waals surface area contributed by atoms with Crippen LogP contribution < -0.4 is 0 Å². The van der Waals surface area contributed by atoms with E-state index in [2.05, 4.69) is 29.8 Å². The van der Waals surface area contributed by atoms with Crippen molar-refractivity contribution < 1.29 is 0 Å². The molecule has 0 bridgehead atoms. The monoisotopic (exact) mass is 360 g/mol. The molecule has 0 spiro atoms. The molecule has 0 nitrogen and oxygen atoms in total. The average Bonchev–Trinajstić information content (AvgIpc) is 2.51. The molecule has 0 unspecified atom stereocenters. The third kappa shape index (κ3) is 16.7. The van der Waals surface area contributed by atoms with E-state index in [1.807, 2.05) is 0 Å². The van der Waals surface area contributed by atoms with Gasteiger partial charge < -0.3 is 0 Å². The second kappa shape index (κ2) is 18.5. The van der Waals surface area contributed by atoms with Crippen molar-refractivity contribution in [3.05, 3.63) is 0 Å². The summed E-state index contributed by atoms with van der Waals surface area (Å²) in [7, 11) is 0. The Bertz CT molecular complexity index is 179. The molecule has 0 fully saturated rings. The third-order valence-corrected chi connectivity index (χ3v) is 5.57. The first-order chi connectivity index (χ1) is 10.3. The second-order valence-electron chi connectivity index (χ2n) is 6.84. The normalized spacial score (nSPS) is 12.7. The minimum absolute atomic E-state index is 0.941. The number of rotatable bonds is 17. The van der Waals surface area contributed by atoms with Crippen LogP contribution >= 0.6 is 15.9 Å². The van der Waals surface area contributed by atoms with Gasteiger partial charge in [-0.3, -0.25) is 0 Å². The van der Waals surface area contributed by atoms with Gasteiger partial charge in [0.2, 0.25) is 0 Å². The zero-order valence-electron chi connectivity index (χ0n) is 15.0. The number of hydrogen-bond acceptors (Lipinski definition) is 0. The van der Waals surface area contributed by atoms with Crippen molar-refractivity contribution in [2.24, 2.45) is 5.92 Å². The van der Waals surface area contributed by atoms with E-state index < -0.39 is 0 Å². The molecule has 0 aliphatic carbocycles. The van der Waals surface area contributed by atoms with Crippen molar-refractivity contribution in [1.29, 1.82) is 0 Å². The molecule has 1 atom stereocenters. The summed E-state index contributed by atoms with van der Waals surface area (Å²) in [5.74, 6) is 0.941. The quantitative estimate of drug-likeness (QED) is 0.181. The van der Waals surface area contributed by atoms with Gasteiger partial charge in [-0.05, 0) is 18.8 Å². The van der Waals surface area contributed by atoms with Crippen LogP contribution in [0.5, 0.6) is 0 Å². The van der Waals surface area contributed by atoms with E-state index in [9.17, 15) is 0 Å². The lowest BCUT2D eigenvalue weighted by Crippen LogP contribution is -2.02. The van der Waals surface area contributed by atoms with Gasteiger partial charge in [0.1, 0.15) is 0 Å². The summed E-state index contributed by atoms with van der Waals surface area (Å²) < 4.78 is 0. The molecule has 0 aromatic rings. The number of unbranched alkanes of at least 4 members (excludes halogenated alkanes) is 12. The summed E-state index contributed by atoms with van der Waals surface area (Å²) in [5, 5.41) is 1.22. The van der Waals surface area contributed by atoms with Gasteiger partial charge in [-0.25, -0.2) is 0 Å². The van der Waals surface area contributed by atoms with Crippen molar-refractivity contribution >= 4 is 15.9 Å².